The van der Waals surface area contributed by atoms with Crippen LogP contribution in [0.1, 0.15) is 34.1 Å². The first-order chi connectivity index (χ1) is 9.01. The number of amides is 1. The van der Waals surface area contributed by atoms with E-state index in [1.165, 1.54) is 0 Å². The molecular weight excluding hydrogens is 242 g/mol. The van der Waals surface area contributed by atoms with Gasteiger partial charge in [0.2, 0.25) is 5.91 Å². The van der Waals surface area contributed by atoms with Crippen molar-refractivity contribution in [1.82, 2.24) is 9.80 Å². The van der Waals surface area contributed by atoms with Gasteiger partial charge in [0.1, 0.15) is 0 Å². The summed E-state index contributed by atoms with van der Waals surface area (Å²) in [6.45, 7) is 11.7. The minimum Gasteiger partial charge on any atom is -0.383 e. The fourth-order valence-electron chi connectivity index (χ4n) is 2.30. The van der Waals surface area contributed by atoms with Crippen LogP contribution in [0.15, 0.2) is 0 Å². The van der Waals surface area contributed by atoms with Gasteiger partial charge in [-0.3, -0.25) is 9.69 Å². The van der Waals surface area contributed by atoms with Crippen LogP contribution in [-0.2, 0) is 9.53 Å². The van der Waals surface area contributed by atoms with Crippen molar-refractivity contribution in [1.29, 1.82) is 0 Å². The molecule has 1 unspecified atom stereocenters. The molecule has 1 atom stereocenters. The third-order valence-corrected chi connectivity index (χ3v) is 3.48. The van der Waals surface area contributed by atoms with Gasteiger partial charge in [-0.15, -0.1) is 0 Å². The highest BCUT2D eigenvalue weighted by Crippen LogP contribution is 2.10. The van der Waals surface area contributed by atoms with Gasteiger partial charge in [-0.1, -0.05) is 0 Å². The summed E-state index contributed by atoms with van der Waals surface area (Å²) >= 11 is 0. The molecule has 0 aliphatic carbocycles. The number of methoxy groups -OCH3 is 1. The largest absolute Gasteiger partial charge is 0.383 e. The molecule has 5 heteroatoms. The van der Waals surface area contributed by atoms with Gasteiger partial charge in [0.05, 0.1) is 6.61 Å². The molecule has 0 aromatic rings. The molecule has 1 amide bonds. The number of nitrogens with zero attached hydrogens (tertiary/aromatic N) is 2. The van der Waals surface area contributed by atoms with E-state index in [4.69, 9.17) is 10.5 Å². The Bertz CT molecular complexity index is 243. The molecule has 0 fully saturated rings. The first-order valence-electron chi connectivity index (χ1n) is 7.24. The predicted molar refractivity (Wildman–Crippen MR) is 79.1 cm³/mol. The molecule has 0 radical (unpaired) electrons. The molecule has 0 aliphatic heterocycles. The first-order valence-corrected chi connectivity index (χ1v) is 7.24. The van der Waals surface area contributed by atoms with Gasteiger partial charge in [-0.25, -0.2) is 0 Å². The van der Waals surface area contributed by atoms with Crippen molar-refractivity contribution < 1.29 is 9.53 Å². The molecule has 19 heavy (non-hydrogen) atoms. The molecule has 0 heterocycles. The summed E-state index contributed by atoms with van der Waals surface area (Å²) in [6.07, 6.45) is 0.486. The fourth-order valence-corrected chi connectivity index (χ4v) is 2.30. The quantitative estimate of drug-likeness (QED) is 0.643. The van der Waals surface area contributed by atoms with Crippen molar-refractivity contribution in [3.05, 3.63) is 0 Å². The summed E-state index contributed by atoms with van der Waals surface area (Å²) in [5, 5.41) is 0. The predicted octanol–water partition coefficient (Wildman–Crippen LogP) is 0.929. The van der Waals surface area contributed by atoms with Crippen LogP contribution < -0.4 is 5.73 Å². The smallest absolute Gasteiger partial charge is 0.224 e. The molecule has 0 aliphatic rings. The van der Waals surface area contributed by atoms with Crippen molar-refractivity contribution in [3.8, 4) is 0 Å². The molecule has 5 nitrogen and oxygen atoms in total. The number of nitrogens with two attached hydrogens (primary N) is 1. The van der Waals surface area contributed by atoms with Crippen LogP contribution in [0.3, 0.4) is 0 Å². The molecule has 0 saturated carbocycles. The third-order valence-electron chi connectivity index (χ3n) is 3.48. The molecule has 2 N–H and O–H groups in total. The maximum Gasteiger partial charge on any atom is 0.224 e. The monoisotopic (exact) mass is 273 g/mol. The maximum absolute atomic E-state index is 12.2. The number of ether oxygens (including phenoxy) is 1. The van der Waals surface area contributed by atoms with Gasteiger partial charge in [0.15, 0.2) is 0 Å². The average molecular weight is 273 g/mol. The Labute approximate surface area is 118 Å². The lowest BCUT2D eigenvalue weighted by Crippen LogP contribution is -2.49. The second kappa shape index (κ2) is 10.2. The summed E-state index contributed by atoms with van der Waals surface area (Å²) in [5.41, 5.74) is 5.86. The van der Waals surface area contributed by atoms with Gasteiger partial charge < -0.3 is 15.4 Å². The van der Waals surface area contributed by atoms with Gasteiger partial charge >= 0.3 is 0 Å². The normalized spacial score (nSPS) is 13.1. The van der Waals surface area contributed by atoms with Gasteiger partial charge in [-0.05, 0) is 27.7 Å². The van der Waals surface area contributed by atoms with E-state index in [0.29, 0.717) is 25.6 Å². The second-order valence-electron chi connectivity index (χ2n) is 4.98. The van der Waals surface area contributed by atoms with Crippen LogP contribution in [0.2, 0.25) is 0 Å². The summed E-state index contributed by atoms with van der Waals surface area (Å²) in [4.78, 5) is 16.3. The lowest BCUT2D eigenvalue weighted by molar-refractivity contribution is -0.132. The lowest BCUT2D eigenvalue weighted by Gasteiger charge is -2.34. The van der Waals surface area contributed by atoms with Crippen LogP contribution in [0.5, 0.6) is 0 Å². The van der Waals surface area contributed by atoms with E-state index in [1.807, 2.05) is 18.7 Å². The molecule has 0 aromatic heterocycles. The minimum atomic E-state index is 0.0863. The average Bonchev–Trinajstić information content (AvgIpc) is 2.38. The van der Waals surface area contributed by atoms with E-state index in [1.54, 1.807) is 7.11 Å². The van der Waals surface area contributed by atoms with Crippen LogP contribution in [0.25, 0.3) is 0 Å². The first kappa shape index (κ1) is 18.4. The van der Waals surface area contributed by atoms with E-state index in [9.17, 15) is 4.79 Å². The summed E-state index contributed by atoms with van der Waals surface area (Å²) in [6, 6.07) is 0.441. The van der Waals surface area contributed by atoms with E-state index in [0.717, 1.165) is 19.6 Å². The molecule has 0 spiro atoms. The zero-order valence-corrected chi connectivity index (χ0v) is 13.2. The van der Waals surface area contributed by atoms with E-state index < -0.39 is 0 Å². The standard InChI is InChI=1S/C14H31N3O2/c1-6-16(7-2)14(18)10-13(11-15)17(12(3)4)8-9-19-5/h12-13H,6-11,15H2,1-5H3. The van der Waals surface area contributed by atoms with Crippen molar-refractivity contribution in [3.63, 3.8) is 0 Å². The third kappa shape index (κ3) is 6.36. The summed E-state index contributed by atoms with van der Waals surface area (Å²) in [7, 11) is 1.69. The molecule has 114 valence electrons. The van der Waals surface area contributed by atoms with Gasteiger partial charge in [0, 0.05) is 51.8 Å². The number of carbonyl (C=O) groups excluding carboxylic acids is 1. The Balaban J connectivity index is 4.62. The second-order valence-corrected chi connectivity index (χ2v) is 4.98. The topological polar surface area (TPSA) is 58.8 Å². The van der Waals surface area contributed by atoms with E-state index >= 15 is 0 Å². The van der Waals surface area contributed by atoms with E-state index in [2.05, 4.69) is 18.7 Å². The molecule has 0 rings (SSSR count). The van der Waals surface area contributed by atoms with Crippen molar-refractivity contribution in [2.45, 2.75) is 46.2 Å². The van der Waals surface area contributed by atoms with Crippen LogP contribution in [-0.4, -0.2) is 67.7 Å². The summed E-state index contributed by atoms with van der Waals surface area (Å²) in [5.74, 6) is 0.184. The van der Waals surface area contributed by atoms with Crippen molar-refractivity contribution in [2.24, 2.45) is 5.73 Å². The highest BCUT2D eigenvalue weighted by molar-refractivity contribution is 5.76. The number of rotatable bonds is 10. The Hall–Kier alpha value is -0.650. The maximum atomic E-state index is 12.2. The van der Waals surface area contributed by atoms with Gasteiger partial charge in [-0.2, -0.15) is 0 Å². The Kier molecular flexibility index (Phi) is 9.83. The Morgan fingerprint density at radius 1 is 1.26 bits per heavy atom. The van der Waals surface area contributed by atoms with Gasteiger partial charge in [0.25, 0.3) is 0 Å². The molecule has 0 saturated heterocycles. The molecular formula is C14H31N3O2. The SMILES string of the molecule is CCN(CC)C(=O)CC(CN)N(CCOC)C(C)C. The Morgan fingerprint density at radius 3 is 2.21 bits per heavy atom. The zero-order chi connectivity index (χ0) is 14.8. The number of carbonyl (C=O) groups is 1. The zero-order valence-electron chi connectivity index (χ0n) is 13.2. The van der Waals surface area contributed by atoms with Crippen molar-refractivity contribution >= 4 is 5.91 Å². The molecule has 0 aromatic carbocycles. The lowest BCUT2D eigenvalue weighted by atomic mass is 10.1. The van der Waals surface area contributed by atoms with Crippen LogP contribution in [0.4, 0.5) is 0 Å². The van der Waals surface area contributed by atoms with Crippen molar-refractivity contribution in [2.75, 3.05) is 39.9 Å². The number of hydrogen-bond acceptors (Lipinski definition) is 4. The Morgan fingerprint density at radius 2 is 1.84 bits per heavy atom. The minimum absolute atomic E-state index is 0.0863. The van der Waals surface area contributed by atoms with Crippen LogP contribution in [0, 0.1) is 0 Å². The summed E-state index contributed by atoms with van der Waals surface area (Å²) < 4.78 is 5.13. The fraction of sp³-hybridized carbons (Fsp3) is 0.929. The number of hydrogen-bond donors (Lipinski definition) is 1. The molecule has 0 bridgehead atoms. The van der Waals surface area contributed by atoms with E-state index in [-0.39, 0.29) is 11.9 Å². The highest BCUT2D eigenvalue weighted by atomic mass is 16.5. The highest BCUT2D eigenvalue weighted by Gasteiger charge is 2.24. The van der Waals surface area contributed by atoms with Crippen LogP contribution >= 0.6 is 0 Å².